The van der Waals surface area contributed by atoms with Gasteiger partial charge >= 0.3 is 0 Å². The van der Waals surface area contributed by atoms with Crippen LogP contribution in [0.5, 0.6) is 0 Å². The molecule has 1 aliphatic rings. The van der Waals surface area contributed by atoms with Gasteiger partial charge in [-0.05, 0) is 60.7 Å². The zero-order valence-corrected chi connectivity index (χ0v) is 16.5. The van der Waals surface area contributed by atoms with Crippen LogP contribution in [-0.4, -0.2) is 32.0 Å². The number of nitrogens with zero attached hydrogens (tertiary/aromatic N) is 2. The van der Waals surface area contributed by atoms with Crippen LogP contribution < -0.4 is 0 Å². The molecule has 3 rings (SSSR count). The molecule has 1 heterocycles. The molecule has 1 saturated heterocycles. The van der Waals surface area contributed by atoms with Gasteiger partial charge in [0.1, 0.15) is 0 Å². The highest BCUT2D eigenvalue weighted by molar-refractivity contribution is 9.10. The van der Waals surface area contributed by atoms with Crippen LogP contribution in [0.1, 0.15) is 25.3 Å². The SMILES string of the molecule is CC1CCN(S(=O)(=O)c2ccc(N=Cc3ccc(Br)cc3)cc2)CC1. The summed E-state index contributed by atoms with van der Waals surface area (Å²) in [6.45, 7) is 3.38. The standard InChI is InChI=1S/C19H21BrN2O2S/c1-15-10-12-22(13-11-15)25(23,24)19-8-6-18(7-9-19)21-14-16-2-4-17(20)5-3-16/h2-9,14-15H,10-13H2,1H3. The molecule has 0 N–H and O–H groups in total. The second-order valence-corrected chi connectivity index (χ2v) is 9.24. The summed E-state index contributed by atoms with van der Waals surface area (Å²) in [5.41, 5.74) is 1.72. The van der Waals surface area contributed by atoms with E-state index in [1.807, 2.05) is 24.3 Å². The normalized spacial score (nSPS) is 17.2. The number of aliphatic imine (C=N–C) groups is 1. The Morgan fingerprint density at radius 3 is 2.24 bits per heavy atom. The molecule has 1 aliphatic heterocycles. The lowest BCUT2D eigenvalue weighted by atomic mass is 10.0. The lowest BCUT2D eigenvalue weighted by molar-refractivity contribution is 0.288. The van der Waals surface area contributed by atoms with Crippen molar-refractivity contribution in [3.05, 3.63) is 58.6 Å². The number of hydrogen-bond acceptors (Lipinski definition) is 3. The summed E-state index contributed by atoms with van der Waals surface area (Å²) in [7, 11) is -3.40. The van der Waals surface area contributed by atoms with E-state index >= 15 is 0 Å². The molecule has 4 nitrogen and oxygen atoms in total. The van der Waals surface area contributed by atoms with Crippen LogP contribution in [0.3, 0.4) is 0 Å². The summed E-state index contributed by atoms with van der Waals surface area (Å²) in [6, 6.07) is 14.6. The number of sulfonamides is 1. The van der Waals surface area contributed by atoms with Crippen LogP contribution in [0.4, 0.5) is 5.69 Å². The minimum Gasteiger partial charge on any atom is -0.256 e. The van der Waals surface area contributed by atoms with Crippen LogP contribution in [0.25, 0.3) is 0 Å². The Bertz CT molecular complexity index is 838. The Morgan fingerprint density at radius 2 is 1.64 bits per heavy atom. The summed E-state index contributed by atoms with van der Waals surface area (Å²) < 4.78 is 28.0. The monoisotopic (exact) mass is 420 g/mol. The predicted molar refractivity (Wildman–Crippen MR) is 105 cm³/mol. The van der Waals surface area contributed by atoms with Gasteiger partial charge in [0.25, 0.3) is 0 Å². The van der Waals surface area contributed by atoms with Crippen molar-refractivity contribution < 1.29 is 8.42 Å². The summed E-state index contributed by atoms with van der Waals surface area (Å²) in [5, 5.41) is 0. The lowest BCUT2D eigenvalue weighted by Crippen LogP contribution is -2.37. The third kappa shape index (κ3) is 4.57. The van der Waals surface area contributed by atoms with Crippen LogP contribution in [-0.2, 0) is 10.0 Å². The Labute approximate surface area is 157 Å². The minimum atomic E-state index is -3.40. The van der Waals surface area contributed by atoms with Gasteiger partial charge in [0, 0.05) is 23.8 Å². The molecule has 0 saturated carbocycles. The molecule has 0 unspecified atom stereocenters. The van der Waals surface area contributed by atoms with Crippen LogP contribution in [0, 0.1) is 5.92 Å². The fourth-order valence-electron chi connectivity index (χ4n) is 2.78. The van der Waals surface area contributed by atoms with Gasteiger partial charge in [-0.15, -0.1) is 0 Å². The molecule has 0 atom stereocenters. The Balaban J connectivity index is 1.72. The second kappa shape index (κ2) is 7.81. The topological polar surface area (TPSA) is 49.7 Å². The highest BCUT2D eigenvalue weighted by Gasteiger charge is 2.27. The van der Waals surface area contributed by atoms with Gasteiger partial charge in [0.15, 0.2) is 0 Å². The first-order valence-electron chi connectivity index (χ1n) is 8.35. The maximum atomic E-state index is 12.7. The van der Waals surface area contributed by atoms with Gasteiger partial charge in [-0.25, -0.2) is 8.42 Å². The predicted octanol–water partition coefficient (Wildman–Crippen LogP) is 4.62. The van der Waals surface area contributed by atoms with E-state index in [9.17, 15) is 8.42 Å². The Morgan fingerprint density at radius 1 is 1.04 bits per heavy atom. The van der Waals surface area contributed by atoms with Gasteiger partial charge < -0.3 is 0 Å². The summed E-state index contributed by atoms with van der Waals surface area (Å²) in [4.78, 5) is 4.74. The molecule has 0 radical (unpaired) electrons. The van der Waals surface area contributed by atoms with Crippen molar-refractivity contribution in [2.45, 2.75) is 24.7 Å². The van der Waals surface area contributed by atoms with E-state index < -0.39 is 10.0 Å². The summed E-state index contributed by atoms with van der Waals surface area (Å²) in [6.07, 6.45) is 3.62. The molecule has 2 aromatic carbocycles. The van der Waals surface area contributed by atoms with E-state index in [1.165, 1.54) is 0 Å². The molecule has 0 aromatic heterocycles. The molecule has 0 amide bonds. The molecular formula is C19H21BrN2O2S. The molecule has 2 aromatic rings. The summed E-state index contributed by atoms with van der Waals surface area (Å²) >= 11 is 3.40. The third-order valence-electron chi connectivity index (χ3n) is 4.45. The van der Waals surface area contributed by atoms with Crippen molar-refractivity contribution in [2.24, 2.45) is 10.9 Å². The first-order valence-corrected chi connectivity index (χ1v) is 10.6. The first kappa shape index (κ1) is 18.3. The van der Waals surface area contributed by atoms with E-state index in [1.54, 1.807) is 34.8 Å². The number of benzene rings is 2. The van der Waals surface area contributed by atoms with E-state index in [-0.39, 0.29) is 0 Å². The maximum Gasteiger partial charge on any atom is 0.243 e. The molecule has 25 heavy (non-hydrogen) atoms. The maximum absolute atomic E-state index is 12.7. The fourth-order valence-corrected chi connectivity index (χ4v) is 4.51. The van der Waals surface area contributed by atoms with Crippen molar-refractivity contribution in [2.75, 3.05) is 13.1 Å². The van der Waals surface area contributed by atoms with Crippen LogP contribution >= 0.6 is 15.9 Å². The first-order chi connectivity index (χ1) is 11.9. The molecule has 0 spiro atoms. The highest BCUT2D eigenvalue weighted by Crippen LogP contribution is 2.25. The fraction of sp³-hybridized carbons (Fsp3) is 0.316. The van der Waals surface area contributed by atoms with Crippen LogP contribution in [0.2, 0.25) is 0 Å². The van der Waals surface area contributed by atoms with Gasteiger partial charge in [-0.3, -0.25) is 4.99 Å². The smallest absolute Gasteiger partial charge is 0.243 e. The minimum absolute atomic E-state index is 0.338. The van der Waals surface area contributed by atoms with Crippen molar-refractivity contribution in [3.8, 4) is 0 Å². The average Bonchev–Trinajstić information content (AvgIpc) is 2.62. The van der Waals surface area contributed by atoms with E-state index in [4.69, 9.17) is 0 Å². The number of piperidine rings is 1. The zero-order chi connectivity index (χ0) is 17.9. The molecule has 1 fully saturated rings. The molecule has 0 aliphatic carbocycles. The number of hydrogen-bond donors (Lipinski definition) is 0. The zero-order valence-electron chi connectivity index (χ0n) is 14.1. The van der Waals surface area contributed by atoms with Gasteiger partial charge in [-0.1, -0.05) is 35.0 Å². The van der Waals surface area contributed by atoms with Crippen LogP contribution in [0.15, 0.2) is 62.9 Å². The lowest BCUT2D eigenvalue weighted by Gasteiger charge is -2.29. The average molecular weight is 421 g/mol. The van der Waals surface area contributed by atoms with E-state index in [0.717, 1.165) is 28.6 Å². The summed E-state index contributed by atoms with van der Waals surface area (Å²) in [5.74, 6) is 0.599. The highest BCUT2D eigenvalue weighted by atomic mass is 79.9. The second-order valence-electron chi connectivity index (χ2n) is 6.39. The van der Waals surface area contributed by atoms with Crippen molar-refractivity contribution >= 4 is 37.9 Å². The number of halogens is 1. The van der Waals surface area contributed by atoms with E-state index in [0.29, 0.717) is 23.9 Å². The Kier molecular flexibility index (Phi) is 5.71. The quantitative estimate of drug-likeness (QED) is 0.677. The van der Waals surface area contributed by atoms with Crippen molar-refractivity contribution in [1.29, 1.82) is 0 Å². The molecule has 6 heteroatoms. The Hall–Kier alpha value is -1.50. The van der Waals surface area contributed by atoms with Gasteiger partial charge in [0.2, 0.25) is 10.0 Å². The van der Waals surface area contributed by atoms with Gasteiger partial charge in [0.05, 0.1) is 10.6 Å². The van der Waals surface area contributed by atoms with Crippen molar-refractivity contribution in [1.82, 2.24) is 4.31 Å². The van der Waals surface area contributed by atoms with E-state index in [2.05, 4.69) is 27.8 Å². The third-order valence-corrected chi connectivity index (χ3v) is 6.89. The molecular weight excluding hydrogens is 400 g/mol. The molecule has 0 bridgehead atoms. The number of rotatable bonds is 4. The van der Waals surface area contributed by atoms with Gasteiger partial charge in [-0.2, -0.15) is 4.31 Å². The largest absolute Gasteiger partial charge is 0.256 e. The molecule has 132 valence electrons. The van der Waals surface area contributed by atoms with Crippen molar-refractivity contribution in [3.63, 3.8) is 0 Å².